The number of ether oxygens (including phenoxy) is 1. The van der Waals surface area contributed by atoms with Crippen LogP contribution in [0.1, 0.15) is 12.8 Å². The molecule has 2 amide bonds. The van der Waals surface area contributed by atoms with Crippen molar-refractivity contribution in [3.05, 3.63) is 52.5 Å². The number of carbonyl (C=O) groups is 2. The molecule has 1 saturated heterocycles. The van der Waals surface area contributed by atoms with Gasteiger partial charge >= 0.3 is 0 Å². The van der Waals surface area contributed by atoms with Crippen molar-refractivity contribution in [3.63, 3.8) is 0 Å². The van der Waals surface area contributed by atoms with Crippen LogP contribution in [0.2, 0.25) is 10.0 Å². The van der Waals surface area contributed by atoms with Crippen molar-refractivity contribution >= 4 is 46.4 Å². The minimum absolute atomic E-state index is 0.104. The lowest BCUT2D eigenvalue weighted by atomic mass is 10.3. The van der Waals surface area contributed by atoms with Crippen LogP contribution in [0, 0.1) is 0 Å². The maximum absolute atomic E-state index is 12.0. The summed E-state index contributed by atoms with van der Waals surface area (Å²) in [5.74, 6) is 0.296. The van der Waals surface area contributed by atoms with E-state index in [1.165, 1.54) is 0 Å². The van der Waals surface area contributed by atoms with Crippen LogP contribution in [0.4, 0.5) is 11.4 Å². The molecule has 1 heterocycles. The standard InChI is InChI=1S/C18H16Cl2N2O3/c19-12-7-13(20)9-14(8-12)21-17(23)11-25-16-4-1-3-15(10-16)22-6-2-5-18(22)24/h1,3-4,7-10H,2,5-6,11H2,(H,21,23). The number of hydrogen-bond acceptors (Lipinski definition) is 3. The molecule has 2 aromatic rings. The third kappa shape index (κ3) is 4.65. The van der Waals surface area contributed by atoms with Gasteiger partial charge in [-0.3, -0.25) is 9.59 Å². The van der Waals surface area contributed by atoms with E-state index in [0.717, 1.165) is 12.1 Å². The zero-order valence-corrected chi connectivity index (χ0v) is 14.8. The largest absolute Gasteiger partial charge is 0.484 e. The Balaban J connectivity index is 1.59. The number of halogens is 2. The van der Waals surface area contributed by atoms with E-state index in [1.807, 2.05) is 6.07 Å². The Morgan fingerprint density at radius 1 is 1.16 bits per heavy atom. The van der Waals surface area contributed by atoms with Gasteiger partial charge in [-0.2, -0.15) is 0 Å². The Morgan fingerprint density at radius 3 is 2.60 bits per heavy atom. The first-order valence-corrected chi connectivity index (χ1v) is 8.56. The van der Waals surface area contributed by atoms with E-state index in [0.29, 0.717) is 34.4 Å². The van der Waals surface area contributed by atoms with Crippen LogP contribution in [0.3, 0.4) is 0 Å². The molecule has 5 nitrogen and oxygen atoms in total. The van der Waals surface area contributed by atoms with E-state index in [1.54, 1.807) is 41.3 Å². The summed E-state index contributed by atoms with van der Waals surface area (Å²) in [6.45, 7) is 0.541. The summed E-state index contributed by atoms with van der Waals surface area (Å²) in [4.78, 5) is 25.5. The lowest BCUT2D eigenvalue weighted by molar-refractivity contribution is -0.118. The second-order valence-electron chi connectivity index (χ2n) is 5.64. The summed E-state index contributed by atoms with van der Waals surface area (Å²) in [5, 5.41) is 3.55. The zero-order chi connectivity index (χ0) is 17.8. The summed E-state index contributed by atoms with van der Waals surface area (Å²) in [6, 6.07) is 11.9. The summed E-state index contributed by atoms with van der Waals surface area (Å²) in [7, 11) is 0. The topological polar surface area (TPSA) is 58.6 Å². The van der Waals surface area contributed by atoms with Gasteiger partial charge in [0.25, 0.3) is 5.91 Å². The fourth-order valence-corrected chi connectivity index (χ4v) is 3.16. The molecule has 0 aliphatic carbocycles. The minimum atomic E-state index is -0.332. The molecule has 130 valence electrons. The molecule has 0 atom stereocenters. The van der Waals surface area contributed by atoms with E-state index in [-0.39, 0.29) is 18.4 Å². The molecule has 25 heavy (non-hydrogen) atoms. The van der Waals surface area contributed by atoms with Gasteiger partial charge in [-0.15, -0.1) is 0 Å². The number of hydrogen-bond donors (Lipinski definition) is 1. The Labute approximate surface area is 155 Å². The van der Waals surface area contributed by atoms with Crippen LogP contribution in [0.25, 0.3) is 0 Å². The monoisotopic (exact) mass is 378 g/mol. The first-order valence-electron chi connectivity index (χ1n) is 7.80. The lowest BCUT2D eigenvalue weighted by Crippen LogP contribution is -2.24. The summed E-state index contributed by atoms with van der Waals surface area (Å²) in [5.41, 5.74) is 1.28. The van der Waals surface area contributed by atoms with E-state index in [9.17, 15) is 9.59 Å². The fourth-order valence-electron chi connectivity index (χ4n) is 2.63. The Kier molecular flexibility index (Phi) is 5.46. The summed E-state index contributed by atoms with van der Waals surface area (Å²) >= 11 is 11.8. The van der Waals surface area contributed by atoms with Crippen LogP contribution in [-0.4, -0.2) is 25.0 Å². The molecule has 0 spiro atoms. The zero-order valence-electron chi connectivity index (χ0n) is 13.3. The average molecular weight is 379 g/mol. The second-order valence-corrected chi connectivity index (χ2v) is 6.51. The number of benzene rings is 2. The van der Waals surface area contributed by atoms with Crippen molar-refractivity contribution in [2.24, 2.45) is 0 Å². The average Bonchev–Trinajstić information content (AvgIpc) is 2.98. The smallest absolute Gasteiger partial charge is 0.262 e. The number of carbonyl (C=O) groups excluding carboxylic acids is 2. The van der Waals surface area contributed by atoms with Crippen molar-refractivity contribution in [1.29, 1.82) is 0 Å². The molecule has 7 heteroatoms. The van der Waals surface area contributed by atoms with E-state index in [2.05, 4.69) is 5.32 Å². The molecule has 2 aromatic carbocycles. The van der Waals surface area contributed by atoms with Gasteiger partial charge in [0.1, 0.15) is 5.75 Å². The molecular formula is C18H16Cl2N2O3. The summed E-state index contributed by atoms with van der Waals surface area (Å²) in [6.07, 6.45) is 1.42. The van der Waals surface area contributed by atoms with Crippen LogP contribution in [-0.2, 0) is 9.59 Å². The highest BCUT2D eigenvalue weighted by Gasteiger charge is 2.21. The maximum atomic E-state index is 12.0. The third-order valence-corrected chi connectivity index (χ3v) is 4.16. The molecule has 0 unspecified atom stereocenters. The van der Waals surface area contributed by atoms with Crippen LogP contribution in [0.15, 0.2) is 42.5 Å². The molecule has 3 rings (SSSR count). The molecule has 1 fully saturated rings. The molecular weight excluding hydrogens is 363 g/mol. The Hall–Kier alpha value is -2.24. The lowest BCUT2D eigenvalue weighted by Gasteiger charge is -2.16. The molecule has 0 bridgehead atoms. The predicted octanol–water partition coefficient (Wildman–Crippen LogP) is 4.14. The fraction of sp³-hybridized carbons (Fsp3) is 0.222. The van der Waals surface area contributed by atoms with Crippen molar-refractivity contribution < 1.29 is 14.3 Å². The van der Waals surface area contributed by atoms with Gasteiger partial charge in [-0.1, -0.05) is 29.3 Å². The molecule has 1 N–H and O–H groups in total. The van der Waals surface area contributed by atoms with Crippen LogP contribution >= 0.6 is 23.2 Å². The third-order valence-electron chi connectivity index (χ3n) is 3.72. The van der Waals surface area contributed by atoms with Gasteiger partial charge in [0.15, 0.2) is 6.61 Å². The number of nitrogens with zero attached hydrogens (tertiary/aromatic N) is 1. The second kappa shape index (κ2) is 7.76. The van der Waals surface area contributed by atoms with Crippen LogP contribution < -0.4 is 15.0 Å². The molecule has 0 aromatic heterocycles. The van der Waals surface area contributed by atoms with Crippen molar-refractivity contribution in [3.8, 4) is 5.75 Å². The highest BCUT2D eigenvalue weighted by molar-refractivity contribution is 6.35. The highest BCUT2D eigenvalue weighted by atomic mass is 35.5. The molecule has 0 radical (unpaired) electrons. The SMILES string of the molecule is O=C(COc1cccc(N2CCCC2=O)c1)Nc1cc(Cl)cc(Cl)c1. The number of nitrogens with one attached hydrogen (secondary N) is 1. The predicted molar refractivity (Wildman–Crippen MR) is 98.6 cm³/mol. The molecule has 1 aliphatic rings. The van der Waals surface area contributed by atoms with Gasteiger partial charge in [0, 0.05) is 40.5 Å². The van der Waals surface area contributed by atoms with Crippen molar-refractivity contribution in [2.45, 2.75) is 12.8 Å². The normalized spacial score (nSPS) is 13.8. The highest BCUT2D eigenvalue weighted by Crippen LogP contribution is 2.25. The van der Waals surface area contributed by atoms with Crippen molar-refractivity contribution in [1.82, 2.24) is 0 Å². The van der Waals surface area contributed by atoms with Crippen LogP contribution in [0.5, 0.6) is 5.75 Å². The minimum Gasteiger partial charge on any atom is -0.484 e. The maximum Gasteiger partial charge on any atom is 0.262 e. The van der Waals surface area contributed by atoms with Gasteiger partial charge in [-0.25, -0.2) is 0 Å². The first-order chi connectivity index (χ1) is 12.0. The number of amides is 2. The van der Waals surface area contributed by atoms with Gasteiger partial charge in [-0.05, 0) is 36.8 Å². The van der Waals surface area contributed by atoms with Gasteiger partial charge < -0.3 is 15.0 Å². The van der Waals surface area contributed by atoms with E-state index in [4.69, 9.17) is 27.9 Å². The summed E-state index contributed by atoms with van der Waals surface area (Å²) < 4.78 is 5.52. The quantitative estimate of drug-likeness (QED) is 0.850. The molecule has 1 aliphatic heterocycles. The van der Waals surface area contributed by atoms with Crippen molar-refractivity contribution in [2.75, 3.05) is 23.4 Å². The first kappa shape index (κ1) is 17.6. The Morgan fingerprint density at radius 2 is 1.92 bits per heavy atom. The molecule has 0 saturated carbocycles. The van der Waals surface area contributed by atoms with Gasteiger partial charge in [0.2, 0.25) is 5.91 Å². The Bertz CT molecular complexity index is 790. The van der Waals surface area contributed by atoms with E-state index >= 15 is 0 Å². The van der Waals surface area contributed by atoms with E-state index < -0.39 is 0 Å². The number of anilines is 2. The van der Waals surface area contributed by atoms with Gasteiger partial charge in [0.05, 0.1) is 0 Å². The number of rotatable bonds is 5.